The van der Waals surface area contributed by atoms with Crippen LogP contribution in [-0.2, 0) is 5.41 Å². The van der Waals surface area contributed by atoms with Crippen LogP contribution in [0.3, 0.4) is 0 Å². The molecule has 1 heteroatoms. The molecule has 10 aromatic rings. The molecule has 1 aliphatic rings. The third-order valence-electron chi connectivity index (χ3n) is 12.4. The van der Waals surface area contributed by atoms with Gasteiger partial charge in [-0.15, -0.1) is 0 Å². The van der Waals surface area contributed by atoms with Gasteiger partial charge in [-0.05, 0) is 109 Å². The van der Waals surface area contributed by atoms with E-state index in [-0.39, 0.29) is 0 Å². The van der Waals surface area contributed by atoms with Crippen molar-refractivity contribution in [2.24, 2.45) is 0 Å². The molecule has 0 saturated carbocycles. The highest BCUT2D eigenvalue weighted by Gasteiger charge is 2.46. The van der Waals surface area contributed by atoms with Crippen LogP contribution in [0, 0.1) is 0 Å². The number of fused-ring (bicyclic) bond motifs is 4. The maximum absolute atomic E-state index is 2.44. The van der Waals surface area contributed by atoms with Gasteiger partial charge in [-0.3, -0.25) is 0 Å². The zero-order valence-electron chi connectivity index (χ0n) is 33.1. The Morgan fingerprint density at radius 2 is 0.783 bits per heavy atom. The summed E-state index contributed by atoms with van der Waals surface area (Å²) in [5, 5.41) is 2.40. The van der Waals surface area contributed by atoms with Gasteiger partial charge in [0.2, 0.25) is 0 Å². The number of benzene rings is 10. The molecule has 1 nitrogen and oxygen atoms in total. The largest absolute Gasteiger partial charge is 0.310 e. The summed E-state index contributed by atoms with van der Waals surface area (Å²) in [7, 11) is 0. The topological polar surface area (TPSA) is 3.24 Å². The summed E-state index contributed by atoms with van der Waals surface area (Å²) in [6.07, 6.45) is 0. The first kappa shape index (κ1) is 35.4. The van der Waals surface area contributed by atoms with Crippen molar-refractivity contribution in [3.63, 3.8) is 0 Å². The monoisotopic (exact) mass is 763 g/mol. The fraction of sp³-hybridized carbons (Fsp3) is 0.0169. The van der Waals surface area contributed by atoms with Gasteiger partial charge in [0.1, 0.15) is 0 Å². The Bertz CT molecular complexity index is 3080. The lowest BCUT2D eigenvalue weighted by molar-refractivity contribution is 0.768. The molecule has 0 saturated heterocycles. The standard InChI is InChI=1S/C59H41N/c1-5-18-42(19-6-1)44-32-35-49(36-33-44)60(50-27-17-22-45(40-50)43-20-7-2-8-21-43)58-39-37-51(52-28-13-14-30-54(52)58)46-34-38-57-55(41-46)53-29-15-16-31-56(53)59(57,47-23-9-3-10-24-47)48-25-11-4-12-26-48/h1-41H. The third kappa shape index (κ3) is 5.86. The van der Waals surface area contributed by atoms with E-state index >= 15 is 0 Å². The molecule has 11 rings (SSSR count). The van der Waals surface area contributed by atoms with E-state index in [2.05, 4.69) is 254 Å². The van der Waals surface area contributed by atoms with Crippen molar-refractivity contribution in [2.45, 2.75) is 5.41 Å². The fourth-order valence-corrected chi connectivity index (χ4v) is 9.66. The average molecular weight is 764 g/mol. The summed E-state index contributed by atoms with van der Waals surface area (Å²) in [5.74, 6) is 0. The summed E-state index contributed by atoms with van der Waals surface area (Å²) < 4.78 is 0. The SMILES string of the molecule is c1ccc(-c2ccc(N(c3cccc(-c4ccccc4)c3)c3ccc(-c4ccc5c(c4)-c4ccccc4C5(c4ccccc4)c4ccccc4)c4ccccc34)cc2)cc1. The van der Waals surface area contributed by atoms with Crippen LogP contribution in [0.15, 0.2) is 249 Å². The lowest BCUT2D eigenvalue weighted by atomic mass is 9.67. The van der Waals surface area contributed by atoms with E-state index in [1.807, 2.05) is 0 Å². The first-order valence-corrected chi connectivity index (χ1v) is 20.8. The Morgan fingerprint density at radius 3 is 1.47 bits per heavy atom. The number of rotatable bonds is 8. The molecular weight excluding hydrogens is 723 g/mol. The van der Waals surface area contributed by atoms with Crippen LogP contribution < -0.4 is 4.90 Å². The zero-order valence-corrected chi connectivity index (χ0v) is 33.1. The van der Waals surface area contributed by atoms with Crippen molar-refractivity contribution >= 4 is 27.8 Å². The van der Waals surface area contributed by atoms with Crippen LogP contribution in [0.1, 0.15) is 22.3 Å². The quantitative estimate of drug-likeness (QED) is 0.149. The highest BCUT2D eigenvalue weighted by atomic mass is 15.1. The highest BCUT2D eigenvalue weighted by molar-refractivity contribution is 6.07. The van der Waals surface area contributed by atoms with Crippen LogP contribution >= 0.6 is 0 Å². The van der Waals surface area contributed by atoms with Gasteiger partial charge in [0, 0.05) is 16.8 Å². The summed E-state index contributed by atoms with van der Waals surface area (Å²) >= 11 is 0. The third-order valence-corrected chi connectivity index (χ3v) is 12.4. The molecule has 0 heterocycles. The van der Waals surface area contributed by atoms with Crippen molar-refractivity contribution in [1.29, 1.82) is 0 Å². The Balaban J connectivity index is 1.09. The van der Waals surface area contributed by atoms with Crippen LogP contribution in [-0.4, -0.2) is 0 Å². The van der Waals surface area contributed by atoms with E-state index in [0.717, 1.165) is 17.1 Å². The normalized spacial score (nSPS) is 12.5. The Labute approximate surface area is 352 Å². The molecule has 0 fully saturated rings. The van der Waals surface area contributed by atoms with Crippen molar-refractivity contribution in [1.82, 2.24) is 0 Å². The molecule has 0 bridgehead atoms. The van der Waals surface area contributed by atoms with Crippen molar-refractivity contribution in [3.05, 3.63) is 271 Å². The summed E-state index contributed by atoms with van der Waals surface area (Å²) in [5.41, 5.74) is 17.9. The van der Waals surface area contributed by atoms with Gasteiger partial charge in [-0.25, -0.2) is 0 Å². The van der Waals surface area contributed by atoms with Gasteiger partial charge in [-0.1, -0.05) is 212 Å². The number of hydrogen-bond acceptors (Lipinski definition) is 1. The van der Waals surface area contributed by atoms with E-state index in [1.54, 1.807) is 0 Å². The van der Waals surface area contributed by atoms with Gasteiger partial charge < -0.3 is 4.90 Å². The highest BCUT2D eigenvalue weighted by Crippen LogP contribution is 2.57. The minimum atomic E-state index is -0.427. The molecular formula is C59H41N. The molecule has 0 atom stereocenters. The van der Waals surface area contributed by atoms with Crippen molar-refractivity contribution in [2.75, 3.05) is 4.90 Å². The second kappa shape index (κ2) is 14.9. The smallest absolute Gasteiger partial charge is 0.0713 e. The summed E-state index contributed by atoms with van der Waals surface area (Å²) in [4.78, 5) is 2.42. The van der Waals surface area contributed by atoms with Crippen LogP contribution in [0.25, 0.3) is 55.3 Å². The van der Waals surface area contributed by atoms with Crippen LogP contribution in [0.2, 0.25) is 0 Å². The number of anilines is 3. The number of nitrogens with zero attached hydrogens (tertiary/aromatic N) is 1. The molecule has 1 aliphatic carbocycles. The molecule has 0 radical (unpaired) electrons. The zero-order chi connectivity index (χ0) is 39.9. The van der Waals surface area contributed by atoms with E-state index < -0.39 is 5.41 Å². The average Bonchev–Trinajstić information content (AvgIpc) is 3.63. The maximum atomic E-state index is 2.44. The second-order valence-electron chi connectivity index (χ2n) is 15.6. The Hall–Kier alpha value is -7.74. The van der Waals surface area contributed by atoms with E-state index in [0.29, 0.717) is 0 Å². The maximum Gasteiger partial charge on any atom is 0.0713 e. The lowest BCUT2D eigenvalue weighted by Crippen LogP contribution is -2.28. The molecule has 282 valence electrons. The summed E-state index contributed by atoms with van der Waals surface area (Å²) in [6, 6.07) is 90.9. The minimum Gasteiger partial charge on any atom is -0.310 e. The van der Waals surface area contributed by atoms with Gasteiger partial charge >= 0.3 is 0 Å². The predicted molar refractivity (Wildman–Crippen MR) is 252 cm³/mol. The molecule has 10 aromatic carbocycles. The van der Waals surface area contributed by atoms with Gasteiger partial charge in [0.05, 0.1) is 11.1 Å². The molecule has 0 N–H and O–H groups in total. The molecule has 0 amide bonds. The first-order chi connectivity index (χ1) is 29.8. The second-order valence-corrected chi connectivity index (χ2v) is 15.6. The minimum absolute atomic E-state index is 0.427. The fourth-order valence-electron chi connectivity index (χ4n) is 9.66. The molecule has 0 spiro atoms. The predicted octanol–water partition coefficient (Wildman–Crippen LogP) is 15.7. The Morgan fingerprint density at radius 1 is 0.267 bits per heavy atom. The van der Waals surface area contributed by atoms with Gasteiger partial charge in [0.15, 0.2) is 0 Å². The van der Waals surface area contributed by atoms with E-state index in [4.69, 9.17) is 0 Å². The molecule has 0 unspecified atom stereocenters. The van der Waals surface area contributed by atoms with Crippen LogP contribution in [0.4, 0.5) is 17.1 Å². The summed E-state index contributed by atoms with van der Waals surface area (Å²) in [6.45, 7) is 0. The number of hydrogen-bond donors (Lipinski definition) is 0. The van der Waals surface area contributed by atoms with E-state index in [1.165, 1.54) is 77.5 Å². The molecule has 60 heavy (non-hydrogen) atoms. The molecule has 0 aromatic heterocycles. The lowest BCUT2D eigenvalue weighted by Gasteiger charge is -2.33. The van der Waals surface area contributed by atoms with E-state index in [9.17, 15) is 0 Å². The first-order valence-electron chi connectivity index (χ1n) is 20.8. The Kier molecular flexibility index (Phi) is 8.79. The van der Waals surface area contributed by atoms with Crippen LogP contribution in [0.5, 0.6) is 0 Å². The van der Waals surface area contributed by atoms with Gasteiger partial charge in [-0.2, -0.15) is 0 Å². The van der Waals surface area contributed by atoms with Crippen molar-refractivity contribution in [3.8, 4) is 44.5 Å². The van der Waals surface area contributed by atoms with Gasteiger partial charge in [0.25, 0.3) is 0 Å². The molecule has 0 aliphatic heterocycles. The van der Waals surface area contributed by atoms with Crippen molar-refractivity contribution < 1.29 is 0 Å².